The summed E-state index contributed by atoms with van der Waals surface area (Å²) in [5.74, 6) is 0.832. The zero-order valence-electron chi connectivity index (χ0n) is 11.5. The third kappa shape index (κ3) is 4.82. The van der Waals surface area contributed by atoms with Gasteiger partial charge in [0.1, 0.15) is 5.75 Å². The molecule has 1 atom stereocenters. The van der Waals surface area contributed by atoms with Crippen molar-refractivity contribution in [1.82, 2.24) is 4.72 Å². The van der Waals surface area contributed by atoms with E-state index in [1.54, 1.807) is 6.92 Å². The van der Waals surface area contributed by atoms with Gasteiger partial charge in [-0.3, -0.25) is 0 Å². The van der Waals surface area contributed by atoms with Gasteiger partial charge in [0.15, 0.2) is 0 Å². The summed E-state index contributed by atoms with van der Waals surface area (Å²) in [4.78, 5) is 0.0308. The number of rotatable bonds is 7. The van der Waals surface area contributed by atoms with Gasteiger partial charge in [-0.25, -0.2) is 13.1 Å². The van der Waals surface area contributed by atoms with Gasteiger partial charge in [-0.2, -0.15) is 11.8 Å². The van der Waals surface area contributed by atoms with Crippen molar-refractivity contribution < 1.29 is 18.3 Å². The number of sulfonamides is 1. The molecule has 1 aromatic rings. The fourth-order valence-corrected chi connectivity index (χ4v) is 3.74. The molecule has 0 radical (unpaired) electrons. The van der Waals surface area contributed by atoms with Crippen molar-refractivity contribution in [3.63, 3.8) is 0 Å². The van der Waals surface area contributed by atoms with E-state index in [9.17, 15) is 13.5 Å². The van der Waals surface area contributed by atoms with Crippen LogP contribution in [-0.2, 0) is 10.0 Å². The van der Waals surface area contributed by atoms with E-state index < -0.39 is 15.6 Å². The van der Waals surface area contributed by atoms with E-state index in [-0.39, 0.29) is 16.5 Å². The maximum absolute atomic E-state index is 12.1. The molecule has 5 nitrogen and oxygen atoms in total. The molecule has 0 spiro atoms. The van der Waals surface area contributed by atoms with Crippen LogP contribution < -0.4 is 9.46 Å². The van der Waals surface area contributed by atoms with Gasteiger partial charge in [0, 0.05) is 12.3 Å². The fraction of sp³-hybridized carbons (Fsp3) is 0.500. The molecular weight excluding hydrogens is 322 g/mol. The Kier molecular flexibility index (Phi) is 6.15. The zero-order valence-corrected chi connectivity index (χ0v) is 13.9. The summed E-state index contributed by atoms with van der Waals surface area (Å²) in [7, 11) is -2.27. The Morgan fingerprint density at radius 3 is 2.65 bits per heavy atom. The molecule has 0 saturated heterocycles. The maximum atomic E-state index is 12.1. The van der Waals surface area contributed by atoms with E-state index in [4.69, 9.17) is 16.3 Å². The van der Waals surface area contributed by atoms with Crippen LogP contribution in [0.5, 0.6) is 5.75 Å². The number of benzene rings is 1. The summed E-state index contributed by atoms with van der Waals surface area (Å²) in [6, 6.07) is 4.19. The molecule has 1 aromatic carbocycles. The molecule has 0 aliphatic carbocycles. The van der Waals surface area contributed by atoms with Crippen LogP contribution >= 0.6 is 23.4 Å². The average Bonchev–Trinajstić information content (AvgIpc) is 2.36. The molecule has 0 aromatic heterocycles. The van der Waals surface area contributed by atoms with Gasteiger partial charge in [0.05, 0.1) is 22.6 Å². The molecule has 0 unspecified atom stereocenters. The van der Waals surface area contributed by atoms with Crippen LogP contribution in [0.3, 0.4) is 0 Å². The second kappa shape index (κ2) is 7.00. The van der Waals surface area contributed by atoms with E-state index in [0.29, 0.717) is 11.5 Å². The second-order valence-electron chi connectivity index (χ2n) is 4.55. The Morgan fingerprint density at radius 2 is 2.15 bits per heavy atom. The predicted octanol–water partition coefficient (Wildman–Crippen LogP) is 1.74. The first-order chi connectivity index (χ1) is 9.22. The second-order valence-corrected chi connectivity index (χ2v) is 7.59. The van der Waals surface area contributed by atoms with Crippen LogP contribution in [0.25, 0.3) is 0 Å². The van der Waals surface area contributed by atoms with Gasteiger partial charge in [0.25, 0.3) is 0 Å². The van der Waals surface area contributed by atoms with Gasteiger partial charge >= 0.3 is 0 Å². The van der Waals surface area contributed by atoms with Crippen molar-refractivity contribution in [2.75, 3.05) is 25.7 Å². The molecule has 20 heavy (non-hydrogen) atoms. The first-order valence-corrected chi connectivity index (χ1v) is 9.02. The lowest BCUT2D eigenvalue weighted by Crippen LogP contribution is -2.42. The Hall–Kier alpha value is -0.470. The summed E-state index contributed by atoms with van der Waals surface area (Å²) < 4.78 is 31.6. The summed E-state index contributed by atoms with van der Waals surface area (Å²) in [5.41, 5.74) is -1.11. The molecule has 114 valence electrons. The van der Waals surface area contributed by atoms with Gasteiger partial charge in [-0.15, -0.1) is 0 Å². The lowest BCUT2D eigenvalue weighted by Gasteiger charge is -2.22. The number of nitrogens with one attached hydrogen (secondary N) is 1. The SMILES string of the molecule is COc1ccc(S(=O)(=O)NC[C@@](C)(O)CSC)cc1Cl. The molecule has 0 fully saturated rings. The molecule has 0 heterocycles. The van der Waals surface area contributed by atoms with Crippen LogP contribution in [0.2, 0.25) is 5.02 Å². The highest BCUT2D eigenvalue weighted by Crippen LogP contribution is 2.26. The van der Waals surface area contributed by atoms with Crippen molar-refractivity contribution in [1.29, 1.82) is 0 Å². The van der Waals surface area contributed by atoms with Crippen molar-refractivity contribution in [2.45, 2.75) is 17.4 Å². The minimum absolute atomic E-state index is 0.0308. The maximum Gasteiger partial charge on any atom is 0.240 e. The largest absolute Gasteiger partial charge is 0.495 e. The molecule has 0 saturated carbocycles. The van der Waals surface area contributed by atoms with Crippen LogP contribution in [0, 0.1) is 0 Å². The third-order valence-electron chi connectivity index (χ3n) is 2.53. The topological polar surface area (TPSA) is 75.6 Å². The Morgan fingerprint density at radius 1 is 1.50 bits per heavy atom. The standard InChI is InChI=1S/C12H18ClNO4S2/c1-12(15,8-19-3)7-14-20(16,17)9-4-5-11(18-2)10(13)6-9/h4-6,14-15H,7-8H2,1-3H3/t12-/m1/s1. The van der Waals surface area contributed by atoms with E-state index in [2.05, 4.69) is 4.72 Å². The van der Waals surface area contributed by atoms with Crippen LogP contribution in [0.15, 0.2) is 23.1 Å². The number of thioether (sulfide) groups is 1. The molecule has 0 bridgehead atoms. The first-order valence-electron chi connectivity index (χ1n) is 5.76. The van der Waals surface area contributed by atoms with E-state index in [1.807, 2.05) is 6.26 Å². The van der Waals surface area contributed by atoms with Gasteiger partial charge in [-0.1, -0.05) is 11.6 Å². The third-order valence-corrected chi connectivity index (χ3v) is 5.14. The van der Waals surface area contributed by atoms with E-state index in [1.165, 1.54) is 37.1 Å². The minimum Gasteiger partial charge on any atom is -0.495 e. The molecular formula is C12H18ClNO4S2. The zero-order chi connectivity index (χ0) is 15.4. The highest BCUT2D eigenvalue weighted by atomic mass is 35.5. The van der Waals surface area contributed by atoms with Crippen molar-refractivity contribution in [3.05, 3.63) is 23.2 Å². The Bertz CT molecular complexity index is 561. The average molecular weight is 340 g/mol. The van der Waals surface area contributed by atoms with Gasteiger partial charge < -0.3 is 9.84 Å². The summed E-state index contributed by atoms with van der Waals surface area (Å²) in [6.07, 6.45) is 1.84. The lowest BCUT2D eigenvalue weighted by molar-refractivity contribution is 0.0908. The van der Waals surface area contributed by atoms with E-state index >= 15 is 0 Å². The van der Waals surface area contributed by atoms with Crippen LogP contribution in [-0.4, -0.2) is 44.8 Å². The Labute approximate surface area is 128 Å². The fourth-order valence-electron chi connectivity index (χ4n) is 1.51. The van der Waals surface area contributed by atoms with Crippen molar-refractivity contribution in [2.24, 2.45) is 0 Å². The quantitative estimate of drug-likeness (QED) is 0.791. The van der Waals surface area contributed by atoms with Crippen LogP contribution in [0.4, 0.5) is 0 Å². The lowest BCUT2D eigenvalue weighted by atomic mass is 10.1. The first kappa shape index (κ1) is 17.6. The normalized spacial score (nSPS) is 14.8. The van der Waals surface area contributed by atoms with Crippen molar-refractivity contribution >= 4 is 33.4 Å². The summed E-state index contributed by atoms with van der Waals surface area (Å²) >= 11 is 7.35. The monoisotopic (exact) mass is 339 g/mol. The van der Waals surface area contributed by atoms with Gasteiger partial charge in [0.2, 0.25) is 10.0 Å². The molecule has 0 aliphatic rings. The van der Waals surface area contributed by atoms with Gasteiger partial charge in [-0.05, 0) is 31.4 Å². The van der Waals surface area contributed by atoms with Crippen LogP contribution in [0.1, 0.15) is 6.92 Å². The smallest absolute Gasteiger partial charge is 0.240 e. The number of hydrogen-bond donors (Lipinski definition) is 2. The molecule has 0 amide bonds. The molecule has 1 rings (SSSR count). The van der Waals surface area contributed by atoms with E-state index in [0.717, 1.165) is 0 Å². The minimum atomic E-state index is -3.72. The number of halogens is 1. The Balaban J connectivity index is 2.87. The highest BCUT2D eigenvalue weighted by molar-refractivity contribution is 7.98. The molecule has 2 N–H and O–H groups in total. The van der Waals surface area contributed by atoms with Crippen molar-refractivity contribution in [3.8, 4) is 5.75 Å². The number of aliphatic hydroxyl groups is 1. The predicted molar refractivity (Wildman–Crippen MR) is 82.2 cm³/mol. The number of hydrogen-bond acceptors (Lipinski definition) is 5. The number of ether oxygens (including phenoxy) is 1. The number of methoxy groups -OCH3 is 1. The highest BCUT2D eigenvalue weighted by Gasteiger charge is 2.24. The summed E-state index contributed by atoms with van der Waals surface area (Å²) in [5, 5.41) is 10.2. The molecule has 0 aliphatic heterocycles. The summed E-state index contributed by atoms with van der Waals surface area (Å²) in [6.45, 7) is 1.51. The molecule has 8 heteroatoms.